The topological polar surface area (TPSA) is 121 Å². The van der Waals surface area contributed by atoms with E-state index in [2.05, 4.69) is 24.6 Å². The van der Waals surface area contributed by atoms with E-state index in [0.717, 1.165) is 21.2 Å². The molecule has 1 aromatic heterocycles. The van der Waals surface area contributed by atoms with E-state index in [1.165, 1.54) is 11.8 Å². The Kier molecular flexibility index (Phi) is 8.66. The van der Waals surface area contributed by atoms with Gasteiger partial charge in [-0.1, -0.05) is 48.8 Å². The number of hydrogen-bond donors (Lipinski definition) is 3. The Morgan fingerprint density at radius 3 is 2.23 bits per heavy atom. The highest BCUT2D eigenvalue weighted by Gasteiger charge is 2.37. The van der Waals surface area contributed by atoms with Crippen LogP contribution < -0.4 is 5.73 Å². The van der Waals surface area contributed by atoms with Crippen molar-refractivity contribution in [2.24, 2.45) is 21.6 Å². The zero-order valence-electron chi connectivity index (χ0n) is 16.4. The third kappa shape index (κ3) is 6.98. The lowest BCUT2D eigenvalue weighted by Gasteiger charge is -2.20. The molecule has 160 valence electrons. The average Bonchev–Trinajstić information content (AvgIpc) is 3.00. The van der Waals surface area contributed by atoms with Crippen molar-refractivity contribution in [2.45, 2.75) is 30.8 Å². The number of aliphatic hydroxyl groups excluding tert-OH is 1. The molecule has 30 heavy (non-hydrogen) atoms. The maximum atomic E-state index is 10.1. The molecule has 0 bridgehead atoms. The van der Waals surface area contributed by atoms with Crippen LogP contribution in [0.25, 0.3) is 0 Å². The van der Waals surface area contributed by atoms with Gasteiger partial charge in [-0.25, -0.2) is 9.79 Å². The van der Waals surface area contributed by atoms with Crippen molar-refractivity contribution < 1.29 is 15.0 Å². The normalized spacial score (nSPS) is 17.8. The summed E-state index contributed by atoms with van der Waals surface area (Å²) < 4.78 is 0. The quantitative estimate of drug-likeness (QED) is 0.594. The van der Waals surface area contributed by atoms with E-state index in [4.69, 9.17) is 43.1 Å². The third-order valence-electron chi connectivity index (χ3n) is 3.94. The molecule has 1 amide bonds. The maximum Gasteiger partial charge on any atom is 0.402 e. The van der Waals surface area contributed by atoms with E-state index < -0.39 is 11.8 Å². The van der Waals surface area contributed by atoms with E-state index in [9.17, 15) is 5.11 Å². The lowest BCUT2D eigenvalue weighted by Crippen LogP contribution is -2.30. The highest BCUT2D eigenvalue weighted by atomic mass is 35.5. The SMILES string of the molecule is CC(C)C1=NC(CO)(Cc2ccncc2)N=C1Sc1cc(Cl)cc(Cl)c1.NC(=O)O. The van der Waals surface area contributed by atoms with Gasteiger partial charge in [-0.15, -0.1) is 0 Å². The van der Waals surface area contributed by atoms with Crippen LogP contribution in [0, 0.1) is 5.92 Å². The molecular weight excluding hydrogens is 447 g/mol. The number of nitrogens with two attached hydrogens (primary N) is 1. The molecular formula is C20H22Cl2N4O3S. The predicted molar refractivity (Wildman–Crippen MR) is 122 cm³/mol. The predicted octanol–water partition coefficient (Wildman–Crippen LogP) is 4.54. The molecule has 1 atom stereocenters. The number of halogens is 2. The number of pyridine rings is 1. The van der Waals surface area contributed by atoms with Crippen LogP contribution in [-0.4, -0.2) is 44.3 Å². The molecule has 1 aliphatic heterocycles. The molecule has 1 unspecified atom stereocenters. The van der Waals surface area contributed by atoms with Crippen molar-refractivity contribution in [3.8, 4) is 0 Å². The largest absolute Gasteiger partial charge is 0.465 e. The fourth-order valence-electron chi connectivity index (χ4n) is 2.73. The molecule has 2 heterocycles. The number of aliphatic imine (C=N–C) groups is 2. The number of rotatable bonds is 5. The first kappa shape index (κ1) is 24.1. The van der Waals surface area contributed by atoms with E-state index in [-0.39, 0.29) is 12.5 Å². The van der Waals surface area contributed by atoms with Crippen LogP contribution in [0.1, 0.15) is 19.4 Å². The molecule has 2 aromatic rings. The molecule has 3 rings (SSSR count). The summed E-state index contributed by atoms with van der Waals surface area (Å²) in [6.45, 7) is 3.98. The summed E-state index contributed by atoms with van der Waals surface area (Å²) in [5, 5.41) is 19.2. The number of benzene rings is 1. The number of aliphatic hydroxyl groups is 1. The second-order valence-electron chi connectivity index (χ2n) is 6.79. The summed E-state index contributed by atoms with van der Waals surface area (Å²) in [7, 11) is 0. The van der Waals surface area contributed by atoms with Crippen LogP contribution in [0.4, 0.5) is 4.79 Å². The van der Waals surface area contributed by atoms with Crippen molar-refractivity contribution >= 4 is 51.8 Å². The van der Waals surface area contributed by atoms with E-state index in [1.54, 1.807) is 18.5 Å². The molecule has 7 nitrogen and oxygen atoms in total. The number of amides is 1. The molecule has 1 aliphatic rings. The second-order valence-corrected chi connectivity index (χ2v) is 8.72. The summed E-state index contributed by atoms with van der Waals surface area (Å²) in [4.78, 5) is 23.3. The highest BCUT2D eigenvalue weighted by molar-refractivity contribution is 8.15. The van der Waals surface area contributed by atoms with Crippen LogP contribution in [0.15, 0.2) is 57.6 Å². The van der Waals surface area contributed by atoms with Gasteiger partial charge < -0.3 is 15.9 Å². The molecule has 0 aliphatic carbocycles. The van der Waals surface area contributed by atoms with Gasteiger partial charge in [0.25, 0.3) is 0 Å². The molecule has 10 heteroatoms. The summed E-state index contributed by atoms with van der Waals surface area (Å²) in [5.74, 6) is 0.182. The van der Waals surface area contributed by atoms with Gasteiger partial charge in [0.05, 0.1) is 12.3 Å². The van der Waals surface area contributed by atoms with Gasteiger partial charge >= 0.3 is 6.09 Å². The van der Waals surface area contributed by atoms with E-state index in [0.29, 0.717) is 16.5 Å². The minimum absolute atomic E-state index is 0.161. The molecule has 0 radical (unpaired) electrons. The number of hydrogen-bond acceptors (Lipinski definition) is 6. The Hall–Kier alpha value is -2.13. The van der Waals surface area contributed by atoms with Gasteiger partial charge in [0.15, 0.2) is 5.66 Å². The lowest BCUT2D eigenvalue weighted by atomic mass is 10.0. The standard InChI is InChI=1S/C19H19Cl2N3OS.CH3NO2/c1-12(2)17-18(26-16-8-14(20)7-15(21)9-16)24-19(11-25,23-17)10-13-3-5-22-6-4-13;2-1(3)4/h3-9,12,25H,10-11H2,1-2H3;2H2,(H,3,4). The Labute approximate surface area is 189 Å². The molecule has 4 N–H and O–H groups in total. The van der Waals surface area contributed by atoms with Gasteiger partial charge in [0.1, 0.15) is 5.04 Å². The van der Waals surface area contributed by atoms with Crippen molar-refractivity contribution in [3.63, 3.8) is 0 Å². The average molecular weight is 469 g/mol. The fraction of sp³-hybridized carbons (Fsp3) is 0.300. The molecule has 0 spiro atoms. The third-order valence-corrected chi connectivity index (χ3v) is 5.35. The number of primary amides is 1. The van der Waals surface area contributed by atoms with Gasteiger partial charge in [-0.2, -0.15) is 0 Å². The molecule has 0 fully saturated rings. The number of aromatic nitrogens is 1. The zero-order chi connectivity index (χ0) is 22.3. The van der Waals surface area contributed by atoms with Gasteiger partial charge in [0, 0.05) is 33.8 Å². The molecule has 1 aromatic carbocycles. The number of thioether (sulfide) groups is 1. The first-order chi connectivity index (χ1) is 14.1. The van der Waals surface area contributed by atoms with Gasteiger partial charge in [-0.3, -0.25) is 9.98 Å². The highest BCUT2D eigenvalue weighted by Crippen LogP contribution is 2.35. The number of nitrogens with zero attached hydrogens (tertiary/aromatic N) is 3. The van der Waals surface area contributed by atoms with Crippen molar-refractivity contribution in [1.82, 2.24) is 4.98 Å². The van der Waals surface area contributed by atoms with Crippen LogP contribution in [0.2, 0.25) is 10.0 Å². The maximum absolute atomic E-state index is 10.1. The Balaban J connectivity index is 0.000000735. The fourth-order valence-corrected chi connectivity index (χ4v) is 4.58. The number of carbonyl (C=O) groups is 1. The van der Waals surface area contributed by atoms with Gasteiger partial charge in [0.2, 0.25) is 0 Å². The van der Waals surface area contributed by atoms with Crippen LogP contribution in [-0.2, 0) is 6.42 Å². The lowest BCUT2D eigenvalue weighted by molar-refractivity contribution is 0.205. The van der Waals surface area contributed by atoms with E-state index in [1.807, 2.05) is 24.3 Å². The summed E-state index contributed by atoms with van der Waals surface area (Å²) >= 11 is 13.7. The first-order valence-corrected chi connectivity index (χ1v) is 10.5. The van der Waals surface area contributed by atoms with Crippen LogP contribution in [0.3, 0.4) is 0 Å². The first-order valence-electron chi connectivity index (χ1n) is 8.96. The Morgan fingerprint density at radius 2 is 1.73 bits per heavy atom. The van der Waals surface area contributed by atoms with Gasteiger partial charge in [-0.05, 0) is 41.8 Å². The van der Waals surface area contributed by atoms with Crippen molar-refractivity contribution in [2.75, 3.05) is 6.61 Å². The molecule has 0 saturated carbocycles. The second kappa shape index (κ2) is 10.8. The van der Waals surface area contributed by atoms with E-state index >= 15 is 0 Å². The number of carboxylic acid groups (broad SMARTS) is 1. The van der Waals surface area contributed by atoms with Crippen LogP contribution in [0.5, 0.6) is 0 Å². The minimum atomic E-state index is -1.33. The summed E-state index contributed by atoms with van der Waals surface area (Å²) in [5.41, 5.74) is 5.04. The van der Waals surface area contributed by atoms with Crippen LogP contribution >= 0.6 is 35.0 Å². The molecule has 0 saturated heterocycles. The smallest absolute Gasteiger partial charge is 0.402 e. The summed E-state index contributed by atoms with van der Waals surface area (Å²) in [6.07, 6.45) is 2.65. The minimum Gasteiger partial charge on any atom is -0.465 e. The Bertz CT molecular complexity index is 930. The van der Waals surface area contributed by atoms with Crippen molar-refractivity contribution in [1.29, 1.82) is 0 Å². The zero-order valence-corrected chi connectivity index (χ0v) is 18.7. The van der Waals surface area contributed by atoms with Crippen molar-refractivity contribution in [3.05, 3.63) is 58.3 Å². The monoisotopic (exact) mass is 468 g/mol. The Morgan fingerprint density at radius 1 is 1.17 bits per heavy atom. The summed E-state index contributed by atoms with van der Waals surface area (Å²) in [6, 6.07) is 9.22.